The monoisotopic (exact) mass is 377 g/mol. The molecule has 1 aliphatic rings. The quantitative estimate of drug-likeness (QED) is 0.668. The minimum absolute atomic E-state index is 0.0493. The fraction of sp³-hybridized carbons (Fsp3) is 0.533. The van der Waals surface area contributed by atoms with Gasteiger partial charge in [-0.15, -0.1) is 0 Å². The van der Waals surface area contributed by atoms with Crippen molar-refractivity contribution in [2.75, 3.05) is 35.6 Å². The van der Waals surface area contributed by atoms with E-state index in [0.717, 1.165) is 6.07 Å². The Labute approximate surface area is 145 Å². The zero-order valence-corrected chi connectivity index (χ0v) is 14.6. The predicted molar refractivity (Wildman–Crippen MR) is 89.9 cm³/mol. The van der Waals surface area contributed by atoms with Crippen LogP contribution in [0, 0.1) is 11.6 Å². The molecule has 10 heteroatoms. The summed E-state index contributed by atoms with van der Waals surface area (Å²) in [5.41, 5.74) is -0.707. The summed E-state index contributed by atoms with van der Waals surface area (Å²) in [7, 11) is -3.74. The third-order valence-corrected chi connectivity index (χ3v) is 4.98. The number of carbonyl (C=O) groups is 1. The van der Waals surface area contributed by atoms with Crippen molar-refractivity contribution < 1.29 is 26.7 Å². The number of hydrogen-bond acceptors (Lipinski definition) is 5. The van der Waals surface area contributed by atoms with E-state index in [2.05, 4.69) is 15.4 Å². The standard InChI is InChI=1S/C15H21F2N3O4S/c1-2-5-25(22,23)20-14-8-13(11(16)7-12(14)17)19-15(21)6-10-9-24-4-3-18-10/h7-8,10,18,20H,2-6,9H2,1H3,(H,19,21). The first kappa shape index (κ1) is 19.5. The Morgan fingerprint density at radius 2 is 2.04 bits per heavy atom. The van der Waals surface area contributed by atoms with Gasteiger partial charge in [0.05, 0.1) is 30.3 Å². The van der Waals surface area contributed by atoms with Crippen LogP contribution in [-0.2, 0) is 19.6 Å². The van der Waals surface area contributed by atoms with Crippen LogP contribution in [0.5, 0.6) is 0 Å². The van der Waals surface area contributed by atoms with Crippen molar-refractivity contribution in [3.8, 4) is 0 Å². The fourth-order valence-electron chi connectivity index (χ4n) is 2.39. The Balaban J connectivity index is 2.09. The molecule has 1 aromatic rings. The first-order valence-electron chi connectivity index (χ1n) is 7.91. The topological polar surface area (TPSA) is 96.5 Å². The number of rotatable bonds is 7. The summed E-state index contributed by atoms with van der Waals surface area (Å²) in [6.45, 7) is 3.20. The largest absolute Gasteiger partial charge is 0.378 e. The molecule has 1 amide bonds. The summed E-state index contributed by atoms with van der Waals surface area (Å²) < 4.78 is 58.5. The van der Waals surface area contributed by atoms with Crippen molar-refractivity contribution in [3.63, 3.8) is 0 Å². The number of amides is 1. The second-order valence-corrected chi connectivity index (χ2v) is 7.55. The SMILES string of the molecule is CCCS(=O)(=O)Nc1cc(NC(=O)CC2COCCN2)c(F)cc1F. The highest BCUT2D eigenvalue weighted by molar-refractivity contribution is 7.92. The van der Waals surface area contributed by atoms with Crippen LogP contribution in [0.3, 0.4) is 0 Å². The zero-order valence-electron chi connectivity index (χ0n) is 13.8. The molecule has 1 aromatic carbocycles. The van der Waals surface area contributed by atoms with E-state index in [1.807, 2.05) is 0 Å². The van der Waals surface area contributed by atoms with Crippen molar-refractivity contribution in [1.82, 2.24) is 5.32 Å². The van der Waals surface area contributed by atoms with Crippen LogP contribution >= 0.6 is 0 Å². The Kier molecular flexibility index (Phi) is 6.68. The average Bonchev–Trinajstić information content (AvgIpc) is 2.52. The van der Waals surface area contributed by atoms with Crippen molar-refractivity contribution in [3.05, 3.63) is 23.8 Å². The third kappa shape index (κ3) is 5.91. The first-order valence-corrected chi connectivity index (χ1v) is 9.56. The van der Waals surface area contributed by atoms with Crippen LogP contribution < -0.4 is 15.4 Å². The van der Waals surface area contributed by atoms with Crippen LogP contribution in [0.4, 0.5) is 20.2 Å². The molecule has 0 radical (unpaired) electrons. The maximum Gasteiger partial charge on any atom is 0.232 e. The lowest BCUT2D eigenvalue weighted by Crippen LogP contribution is -2.43. The Morgan fingerprint density at radius 1 is 1.32 bits per heavy atom. The van der Waals surface area contributed by atoms with Gasteiger partial charge in [-0.1, -0.05) is 6.92 Å². The molecule has 0 spiro atoms. The van der Waals surface area contributed by atoms with Gasteiger partial charge >= 0.3 is 0 Å². The average molecular weight is 377 g/mol. The van der Waals surface area contributed by atoms with Crippen LogP contribution in [0.15, 0.2) is 12.1 Å². The molecular formula is C15H21F2N3O4S. The van der Waals surface area contributed by atoms with Crippen molar-refractivity contribution >= 4 is 27.3 Å². The van der Waals surface area contributed by atoms with Crippen LogP contribution in [-0.4, -0.2) is 45.9 Å². The molecule has 7 nitrogen and oxygen atoms in total. The lowest BCUT2D eigenvalue weighted by Gasteiger charge is -2.23. The second-order valence-electron chi connectivity index (χ2n) is 5.71. The zero-order chi connectivity index (χ0) is 18.4. The highest BCUT2D eigenvalue weighted by Crippen LogP contribution is 2.24. The Morgan fingerprint density at radius 3 is 2.68 bits per heavy atom. The van der Waals surface area contributed by atoms with Gasteiger partial charge in [0.25, 0.3) is 0 Å². The normalized spacial score (nSPS) is 18.0. The summed E-state index contributed by atoms with van der Waals surface area (Å²) in [6.07, 6.45) is 0.395. The fourth-order valence-corrected chi connectivity index (χ4v) is 3.52. The van der Waals surface area contributed by atoms with Crippen molar-refractivity contribution in [2.24, 2.45) is 0 Å². The summed E-state index contributed by atoms with van der Waals surface area (Å²) in [6, 6.07) is 1.27. The van der Waals surface area contributed by atoms with Gasteiger partial charge in [-0.2, -0.15) is 0 Å². The molecule has 3 N–H and O–H groups in total. The molecule has 1 fully saturated rings. The lowest BCUT2D eigenvalue weighted by atomic mass is 10.2. The number of halogens is 2. The number of ether oxygens (including phenoxy) is 1. The number of hydrogen-bond donors (Lipinski definition) is 3. The molecule has 1 unspecified atom stereocenters. The van der Waals surface area contributed by atoms with E-state index in [0.29, 0.717) is 32.2 Å². The predicted octanol–water partition coefficient (Wildman–Crippen LogP) is 1.43. The van der Waals surface area contributed by atoms with E-state index < -0.39 is 33.3 Å². The van der Waals surface area contributed by atoms with Crippen LogP contribution in [0.1, 0.15) is 19.8 Å². The smallest absolute Gasteiger partial charge is 0.232 e. The van der Waals surface area contributed by atoms with Gasteiger partial charge in [-0.05, 0) is 12.5 Å². The number of carbonyl (C=O) groups excluding carboxylic acids is 1. The van der Waals surface area contributed by atoms with Gasteiger partial charge in [0.1, 0.15) is 11.6 Å². The van der Waals surface area contributed by atoms with Gasteiger partial charge in [0, 0.05) is 25.1 Å². The van der Waals surface area contributed by atoms with Gasteiger partial charge in [-0.25, -0.2) is 17.2 Å². The van der Waals surface area contributed by atoms with E-state index in [9.17, 15) is 22.0 Å². The molecule has 2 rings (SSSR count). The highest BCUT2D eigenvalue weighted by Gasteiger charge is 2.20. The van der Waals surface area contributed by atoms with E-state index in [1.165, 1.54) is 0 Å². The van der Waals surface area contributed by atoms with Gasteiger partial charge in [-0.3, -0.25) is 9.52 Å². The van der Waals surface area contributed by atoms with Crippen LogP contribution in [0.2, 0.25) is 0 Å². The molecule has 1 aliphatic heterocycles. The van der Waals surface area contributed by atoms with Crippen molar-refractivity contribution in [1.29, 1.82) is 0 Å². The number of sulfonamides is 1. The number of morpholine rings is 1. The molecule has 0 aliphatic carbocycles. The molecule has 0 aromatic heterocycles. The molecule has 25 heavy (non-hydrogen) atoms. The lowest BCUT2D eigenvalue weighted by molar-refractivity contribution is -0.117. The third-order valence-electron chi connectivity index (χ3n) is 3.50. The summed E-state index contributed by atoms with van der Waals surface area (Å²) in [5, 5.41) is 5.42. The van der Waals surface area contributed by atoms with Gasteiger partial charge in [0.2, 0.25) is 15.9 Å². The maximum atomic E-state index is 13.9. The van der Waals surface area contributed by atoms with E-state index in [1.54, 1.807) is 6.92 Å². The molecule has 0 bridgehead atoms. The summed E-state index contributed by atoms with van der Waals surface area (Å²) in [5.74, 6) is -2.73. The van der Waals surface area contributed by atoms with E-state index in [-0.39, 0.29) is 23.9 Å². The molecular weight excluding hydrogens is 356 g/mol. The van der Waals surface area contributed by atoms with Crippen molar-refractivity contribution in [2.45, 2.75) is 25.8 Å². The minimum atomic E-state index is -3.74. The highest BCUT2D eigenvalue weighted by atomic mass is 32.2. The Bertz CT molecular complexity index is 722. The maximum absolute atomic E-state index is 13.9. The number of nitrogens with one attached hydrogen (secondary N) is 3. The Hall–Kier alpha value is -1.78. The number of benzene rings is 1. The van der Waals surface area contributed by atoms with Gasteiger partial charge < -0.3 is 15.4 Å². The minimum Gasteiger partial charge on any atom is -0.378 e. The van der Waals surface area contributed by atoms with E-state index >= 15 is 0 Å². The second kappa shape index (κ2) is 8.54. The van der Waals surface area contributed by atoms with E-state index in [4.69, 9.17) is 4.74 Å². The molecule has 1 saturated heterocycles. The molecule has 140 valence electrons. The van der Waals surface area contributed by atoms with Gasteiger partial charge in [0.15, 0.2) is 0 Å². The number of anilines is 2. The molecule has 1 heterocycles. The first-order chi connectivity index (χ1) is 11.8. The summed E-state index contributed by atoms with van der Waals surface area (Å²) >= 11 is 0. The molecule has 0 saturated carbocycles. The van der Waals surface area contributed by atoms with Crippen LogP contribution in [0.25, 0.3) is 0 Å². The molecule has 1 atom stereocenters. The summed E-state index contributed by atoms with van der Waals surface area (Å²) in [4.78, 5) is 12.0.